The fourth-order valence-electron chi connectivity index (χ4n) is 2.45. The minimum absolute atomic E-state index is 0.597. The van der Waals surface area contributed by atoms with Crippen molar-refractivity contribution in [2.24, 2.45) is 0 Å². The molecule has 0 amide bonds. The molecule has 0 saturated carbocycles. The van der Waals surface area contributed by atoms with Gasteiger partial charge in [-0.25, -0.2) is 8.42 Å². The number of hydrogen-bond donors (Lipinski definition) is 1. The Labute approximate surface area is 148 Å². The third kappa shape index (κ3) is 9.73. The van der Waals surface area contributed by atoms with E-state index in [2.05, 4.69) is 35.6 Å². The lowest BCUT2D eigenvalue weighted by molar-refractivity contribution is 0.270. The molecule has 1 aromatic carbocycles. The SMILES string of the molecule is CCCCN(CC/C=C/c1ccc(NS(C)(=O)=O)cc1)CCCC. The molecule has 24 heavy (non-hydrogen) atoms. The van der Waals surface area contributed by atoms with Gasteiger partial charge >= 0.3 is 0 Å². The van der Waals surface area contributed by atoms with Crippen molar-refractivity contribution in [2.45, 2.75) is 46.0 Å². The standard InChI is InChI=1S/C19H32N2O2S/c1-4-6-15-21(16-7-5-2)17-9-8-10-18-11-13-19(14-12-18)20-24(3,22)23/h8,10-14,20H,4-7,9,15-17H2,1-3H3/b10-8+. The van der Waals surface area contributed by atoms with Crippen molar-refractivity contribution in [2.75, 3.05) is 30.6 Å². The molecule has 0 atom stereocenters. The van der Waals surface area contributed by atoms with Crippen molar-refractivity contribution in [3.05, 3.63) is 35.9 Å². The van der Waals surface area contributed by atoms with Crippen LogP contribution in [0, 0.1) is 0 Å². The lowest BCUT2D eigenvalue weighted by Gasteiger charge is -2.21. The Kier molecular flexibility index (Phi) is 9.72. The van der Waals surface area contributed by atoms with Crippen LogP contribution in [0.15, 0.2) is 30.3 Å². The van der Waals surface area contributed by atoms with Crippen LogP contribution < -0.4 is 4.72 Å². The van der Waals surface area contributed by atoms with Crippen molar-refractivity contribution in [3.63, 3.8) is 0 Å². The largest absolute Gasteiger partial charge is 0.303 e. The van der Waals surface area contributed by atoms with Crippen LogP contribution in [0.4, 0.5) is 5.69 Å². The number of rotatable bonds is 12. The maximum atomic E-state index is 11.2. The van der Waals surface area contributed by atoms with Crippen LogP contribution in [-0.4, -0.2) is 39.2 Å². The number of sulfonamides is 1. The van der Waals surface area contributed by atoms with E-state index in [4.69, 9.17) is 0 Å². The zero-order valence-electron chi connectivity index (χ0n) is 15.3. The smallest absolute Gasteiger partial charge is 0.229 e. The molecule has 136 valence electrons. The second kappa shape index (κ2) is 11.3. The van der Waals surface area contributed by atoms with Crippen LogP contribution in [0.3, 0.4) is 0 Å². The van der Waals surface area contributed by atoms with Crippen LogP contribution in [0.2, 0.25) is 0 Å². The molecule has 0 aromatic heterocycles. The molecular weight excluding hydrogens is 320 g/mol. The minimum atomic E-state index is -3.21. The highest BCUT2D eigenvalue weighted by Crippen LogP contribution is 2.12. The van der Waals surface area contributed by atoms with E-state index >= 15 is 0 Å². The first kappa shape index (κ1) is 20.7. The van der Waals surface area contributed by atoms with Gasteiger partial charge in [0.25, 0.3) is 0 Å². The first-order chi connectivity index (χ1) is 11.4. The predicted molar refractivity (Wildman–Crippen MR) is 105 cm³/mol. The Bertz CT molecular complexity index is 572. The van der Waals surface area contributed by atoms with Gasteiger partial charge in [0.15, 0.2) is 0 Å². The summed E-state index contributed by atoms with van der Waals surface area (Å²) in [7, 11) is -3.21. The van der Waals surface area contributed by atoms with Crippen LogP contribution >= 0.6 is 0 Å². The molecule has 0 heterocycles. The highest BCUT2D eigenvalue weighted by atomic mass is 32.2. The van der Waals surface area contributed by atoms with E-state index in [1.807, 2.05) is 12.1 Å². The summed E-state index contributed by atoms with van der Waals surface area (Å²) in [6, 6.07) is 7.43. The quantitative estimate of drug-likeness (QED) is 0.608. The highest BCUT2D eigenvalue weighted by molar-refractivity contribution is 7.92. The van der Waals surface area contributed by atoms with Crippen molar-refractivity contribution < 1.29 is 8.42 Å². The fourth-order valence-corrected chi connectivity index (χ4v) is 3.02. The maximum absolute atomic E-state index is 11.2. The molecule has 0 fully saturated rings. The van der Waals surface area contributed by atoms with E-state index < -0.39 is 10.0 Å². The van der Waals surface area contributed by atoms with Gasteiger partial charge in [0.05, 0.1) is 6.26 Å². The Morgan fingerprint density at radius 2 is 1.58 bits per heavy atom. The zero-order valence-corrected chi connectivity index (χ0v) is 16.1. The van der Waals surface area contributed by atoms with Crippen LogP contribution in [0.1, 0.15) is 51.5 Å². The van der Waals surface area contributed by atoms with Crippen molar-refractivity contribution in [1.29, 1.82) is 0 Å². The van der Waals surface area contributed by atoms with Gasteiger partial charge in [-0.05, 0) is 50.0 Å². The first-order valence-corrected chi connectivity index (χ1v) is 10.8. The second-order valence-corrected chi connectivity index (χ2v) is 7.98. The van der Waals surface area contributed by atoms with E-state index in [0.29, 0.717) is 5.69 Å². The van der Waals surface area contributed by atoms with Gasteiger partial charge in [-0.1, -0.05) is 51.0 Å². The number of nitrogens with zero attached hydrogens (tertiary/aromatic N) is 1. The molecule has 1 N–H and O–H groups in total. The van der Waals surface area contributed by atoms with Gasteiger partial charge < -0.3 is 4.90 Å². The van der Waals surface area contributed by atoms with Crippen LogP contribution in [0.5, 0.6) is 0 Å². The van der Waals surface area contributed by atoms with Crippen LogP contribution in [-0.2, 0) is 10.0 Å². The van der Waals surface area contributed by atoms with Gasteiger partial charge in [-0.3, -0.25) is 4.72 Å². The molecule has 1 aromatic rings. The Hall–Kier alpha value is -1.33. The Morgan fingerprint density at radius 1 is 1.00 bits per heavy atom. The molecule has 0 spiro atoms. The lowest BCUT2D eigenvalue weighted by atomic mass is 10.2. The number of benzene rings is 1. The molecule has 0 saturated heterocycles. The Morgan fingerprint density at radius 3 is 2.08 bits per heavy atom. The van der Waals surface area contributed by atoms with E-state index in [9.17, 15) is 8.42 Å². The summed E-state index contributed by atoms with van der Waals surface area (Å²) in [5.74, 6) is 0. The maximum Gasteiger partial charge on any atom is 0.229 e. The third-order valence-electron chi connectivity index (χ3n) is 3.79. The summed E-state index contributed by atoms with van der Waals surface area (Å²) >= 11 is 0. The van der Waals surface area contributed by atoms with Gasteiger partial charge in [-0.15, -0.1) is 0 Å². The molecule has 0 bridgehead atoms. The summed E-state index contributed by atoms with van der Waals surface area (Å²) in [5, 5.41) is 0. The summed E-state index contributed by atoms with van der Waals surface area (Å²) in [4.78, 5) is 2.55. The van der Waals surface area contributed by atoms with Crippen molar-refractivity contribution in [3.8, 4) is 0 Å². The zero-order chi connectivity index (χ0) is 17.8. The number of hydrogen-bond acceptors (Lipinski definition) is 3. The summed E-state index contributed by atoms with van der Waals surface area (Å²) < 4.78 is 24.8. The Balaban J connectivity index is 2.44. The summed E-state index contributed by atoms with van der Waals surface area (Å²) in [5.41, 5.74) is 1.68. The number of unbranched alkanes of at least 4 members (excludes halogenated alkanes) is 2. The lowest BCUT2D eigenvalue weighted by Crippen LogP contribution is -2.26. The van der Waals surface area contributed by atoms with E-state index in [-0.39, 0.29) is 0 Å². The average molecular weight is 353 g/mol. The van der Waals surface area contributed by atoms with Crippen molar-refractivity contribution in [1.82, 2.24) is 4.90 Å². The van der Waals surface area contributed by atoms with Crippen molar-refractivity contribution >= 4 is 21.8 Å². The summed E-state index contributed by atoms with van der Waals surface area (Å²) in [6.07, 6.45) is 11.5. The summed E-state index contributed by atoms with van der Waals surface area (Å²) in [6.45, 7) is 7.96. The molecule has 0 aliphatic rings. The van der Waals surface area contributed by atoms with Crippen LogP contribution in [0.25, 0.3) is 6.08 Å². The third-order valence-corrected chi connectivity index (χ3v) is 4.40. The molecule has 0 unspecified atom stereocenters. The number of nitrogens with one attached hydrogen (secondary N) is 1. The minimum Gasteiger partial charge on any atom is -0.303 e. The molecule has 4 nitrogen and oxygen atoms in total. The van der Waals surface area contributed by atoms with Gasteiger partial charge in [0.1, 0.15) is 0 Å². The second-order valence-electron chi connectivity index (χ2n) is 6.24. The molecule has 1 rings (SSSR count). The van der Waals surface area contributed by atoms with Gasteiger partial charge in [0, 0.05) is 12.2 Å². The first-order valence-electron chi connectivity index (χ1n) is 8.91. The molecule has 0 aliphatic carbocycles. The van der Waals surface area contributed by atoms with E-state index in [1.165, 1.54) is 38.8 Å². The number of anilines is 1. The van der Waals surface area contributed by atoms with E-state index in [1.54, 1.807) is 12.1 Å². The molecular formula is C19H32N2O2S. The molecule has 0 radical (unpaired) electrons. The monoisotopic (exact) mass is 352 g/mol. The predicted octanol–water partition coefficient (Wildman–Crippen LogP) is 4.36. The van der Waals surface area contributed by atoms with E-state index in [0.717, 1.165) is 24.8 Å². The normalized spacial score (nSPS) is 12.2. The van der Waals surface area contributed by atoms with Gasteiger partial charge in [-0.2, -0.15) is 0 Å². The van der Waals surface area contributed by atoms with Gasteiger partial charge in [0.2, 0.25) is 10.0 Å². The topological polar surface area (TPSA) is 49.4 Å². The fraction of sp³-hybridized carbons (Fsp3) is 0.579. The molecule has 5 heteroatoms. The average Bonchev–Trinajstić information content (AvgIpc) is 2.53. The molecule has 0 aliphatic heterocycles. The highest BCUT2D eigenvalue weighted by Gasteiger charge is 2.02.